The molecular formula is C21H20F3N3O4S3. The third-order valence-electron chi connectivity index (χ3n) is 4.39. The number of anilines is 1. The number of aryl methyl sites for hydroxylation is 1. The van der Waals surface area contributed by atoms with Gasteiger partial charge in [0.1, 0.15) is 5.84 Å². The number of carboxylic acid groups (broad SMARTS) is 1. The van der Waals surface area contributed by atoms with Crippen LogP contribution < -0.4 is 11.5 Å². The number of benzene rings is 2. The standard InChI is InChI=1S/C19H19N3O2S3.C2HF3O2/c1-11-5-3-8-14(20)17(11)12-6-4-7-13(9-12)27(23,24)16-10-15(18(21)22)26-19(16)25-2;3-2(4,5)1(6)7/h3-10H,20H2,1-2H3,(H3,21,22);(H,6,7). The van der Waals surface area contributed by atoms with Crippen molar-refractivity contribution in [1.82, 2.24) is 0 Å². The summed E-state index contributed by atoms with van der Waals surface area (Å²) in [5.74, 6) is -2.90. The minimum absolute atomic E-state index is 0.141. The van der Waals surface area contributed by atoms with Crippen molar-refractivity contribution in [3.05, 3.63) is 59.0 Å². The highest BCUT2D eigenvalue weighted by Gasteiger charge is 2.38. The quantitative estimate of drug-likeness (QED) is 0.160. The molecule has 0 aliphatic rings. The Morgan fingerprint density at radius 2 is 1.74 bits per heavy atom. The summed E-state index contributed by atoms with van der Waals surface area (Å²) in [4.78, 5) is 9.70. The summed E-state index contributed by atoms with van der Waals surface area (Å²) < 4.78 is 58.9. The Balaban J connectivity index is 0.000000509. The average molecular weight is 532 g/mol. The molecule has 0 bridgehead atoms. The monoisotopic (exact) mass is 531 g/mol. The van der Waals surface area contributed by atoms with Crippen LogP contribution >= 0.6 is 23.1 Å². The second kappa shape index (κ2) is 10.5. The Morgan fingerprint density at radius 1 is 1.15 bits per heavy atom. The van der Waals surface area contributed by atoms with E-state index in [4.69, 9.17) is 26.8 Å². The zero-order valence-corrected chi connectivity index (χ0v) is 20.3. The Bertz CT molecular complexity index is 1320. The molecule has 7 nitrogen and oxygen atoms in total. The highest BCUT2D eigenvalue weighted by Crippen LogP contribution is 2.38. The van der Waals surface area contributed by atoms with Crippen molar-refractivity contribution in [2.75, 3.05) is 12.0 Å². The summed E-state index contributed by atoms with van der Waals surface area (Å²) in [6.45, 7) is 1.94. The minimum Gasteiger partial charge on any atom is -0.475 e. The van der Waals surface area contributed by atoms with Crippen molar-refractivity contribution >= 4 is 50.4 Å². The second-order valence-corrected chi connectivity index (χ2v) is 10.8. The lowest BCUT2D eigenvalue weighted by Crippen LogP contribution is -2.21. The second-order valence-electron chi connectivity index (χ2n) is 6.75. The third-order valence-corrected chi connectivity index (χ3v) is 8.72. The van der Waals surface area contributed by atoms with Gasteiger partial charge in [-0.2, -0.15) is 13.2 Å². The maximum atomic E-state index is 13.3. The van der Waals surface area contributed by atoms with Crippen molar-refractivity contribution in [2.45, 2.75) is 27.1 Å². The van der Waals surface area contributed by atoms with Crippen LogP contribution in [0.25, 0.3) is 11.1 Å². The number of hydrogen-bond acceptors (Lipinski definition) is 7. The number of amidine groups is 1. The molecule has 1 heterocycles. The summed E-state index contributed by atoms with van der Waals surface area (Å²) in [6, 6.07) is 13.9. The fourth-order valence-electron chi connectivity index (χ4n) is 2.85. The summed E-state index contributed by atoms with van der Waals surface area (Å²) in [5, 5.41) is 14.7. The van der Waals surface area contributed by atoms with E-state index in [9.17, 15) is 21.6 Å². The van der Waals surface area contributed by atoms with Crippen molar-refractivity contribution < 1.29 is 31.5 Å². The molecule has 0 aliphatic carbocycles. The van der Waals surface area contributed by atoms with Crippen LogP contribution in [0.15, 0.2) is 62.5 Å². The van der Waals surface area contributed by atoms with E-state index < -0.39 is 22.0 Å². The van der Waals surface area contributed by atoms with Gasteiger partial charge in [-0.05, 0) is 48.6 Å². The number of carbonyl (C=O) groups is 1. The van der Waals surface area contributed by atoms with Gasteiger partial charge < -0.3 is 16.6 Å². The highest BCUT2D eigenvalue weighted by molar-refractivity contribution is 8.01. The minimum atomic E-state index is -5.08. The molecule has 0 aliphatic heterocycles. The van der Waals surface area contributed by atoms with E-state index in [1.807, 2.05) is 25.1 Å². The number of alkyl halides is 3. The van der Waals surface area contributed by atoms with Crippen LogP contribution in [0.5, 0.6) is 0 Å². The van der Waals surface area contributed by atoms with Gasteiger partial charge in [-0.15, -0.1) is 23.1 Å². The van der Waals surface area contributed by atoms with Crippen LogP contribution in [0, 0.1) is 12.3 Å². The number of sulfone groups is 1. The van der Waals surface area contributed by atoms with Crippen LogP contribution in [0.3, 0.4) is 0 Å². The van der Waals surface area contributed by atoms with Crippen LogP contribution in [0.1, 0.15) is 10.4 Å². The molecule has 0 amide bonds. The topological polar surface area (TPSA) is 147 Å². The highest BCUT2D eigenvalue weighted by atomic mass is 32.2. The smallest absolute Gasteiger partial charge is 0.475 e. The summed E-state index contributed by atoms with van der Waals surface area (Å²) >= 11 is 2.54. The van der Waals surface area contributed by atoms with E-state index in [-0.39, 0.29) is 15.6 Å². The zero-order chi connectivity index (χ0) is 25.8. The molecule has 0 unspecified atom stereocenters. The third kappa shape index (κ3) is 6.10. The van der Waals surface area contributed by atoms with Crippen molar-refractivity contribution in [3.63, 3.8) is 0 Å². The molecule has 6 N–H and O–H groups in total. The fourth-order valence-corrected chi connectivity index (χ4v) is 6.75. The summed E-state index contributed by atoms with van der Waals surface area (Å²) in [7, 11) is -3.75. The number of rotatable bonds is 5. The van der Waals surface area contributed by atoms with Crippen molar-refractivity contribution in [2.24, 2.45) is 5.73 Å². The van der Waals surface area contributed by atoms with Crippen LogP contribution in [0.2, 0.25) is 0 Å². The van der Waals surface area contributed by atoms with Crippen molar-refractivity contribution in [1.29, 1.82) is 5.41 Å². The Hall–Kier alpha value is -3.03. The molecule has 0 spiro atoms. The average Bonchev–Trinajstić information content (AvgIpc) is 3.19. The molecule has 3 aromatic rings. The lowest BCUT2D eigenvalue weighted by Gasteiger charge is -2.11. The number of carboxylic acids is 1. The van der Waals surface area contributed by atoms with E-state index in [0.29, 0.717) is 14.8 Å². The Morgan fingerprint density at radius 3 is 2.24 bits per heavy atom. The lowest BCUT2D eigenvalue weighted by atomic mass is 9.99. The van der Waals surface area contributed by atoms with Gasteiger partial charge in [-0.25, -0.2) is 13.2 Å². The largest absolute Gasteiger partial charge is 0.490 e. The first-order valence-corrected chi connectivity index (χ1v) is 12.8. The number of thioether (sulfide) groups is 1. The number of hydrogen-bond donors (Lipinski definition) is 4. The Labute approximate surface area is 202 Å². The fraction of sp³-hybridized carbons (Fsp3) is 0.143. The predicted molar refractivity (Wildman–Crippen MR) is 127 cm³/mol. The molecule has 0 atom stereocenters. The van der Waals surface area contributed by atoms with Gasteiger partial charge >= 0.3 is 12.1 Å². The molecule has 0 saturated heterocycles. The number of nitrogens with one attached hydrogen (secondary N) is 1. The number of nitrogen functional groups attached to an aromatic ring is 2. The van der Waals surface area contributed by atoms with E-state index in [2.05, 4.69) is 0 Å². The molecule has 3 rings (SSSR count). The summed E-state index contributed by atoms with van der Waals surface area (Å²) in [6.07, 6.45) is -3.28. The van der Waals surface area contributed by atoms with E-state index in [1.54, 1.807) is 30.5 Å². The van der Waals surface area contributed by atoms with Gasteiger partial charge in [0.2, 0.25) is 9.84 Å². The van der Waals surface area contributed by atoms with Crippen molar-refractivity contribution in [3.8, 4) is 11.1 Å². The normalized spacial score (nSPS) is 11.4. The van der Waals surface area contributed by atoms with Gasteiger partial charge in [0.25, 0.3) is 0 Å². The van der Waals surface area contributed by atoms with Crippen LogP contribution in [0.4, 0.5) is 18.9 Å². The van der Waals surface area contributed by atoms with Gasteiger partial charge in [-0.1, -0.05) is 24.3 Å². The zero-order valence-electron chi connectivity index (χ0n) is 17.8. The van der Waals surface area contributed by atoms with E-state index >= 15 is 0 Å². The van der Waals surface area contributed by atoms with E-state index in [1.165, 1.54) is 29.2 Å². The maximum absolute atomic E-state index is 13.3. The molecule has 34 heavy (non-hydrogen) atoms. The first kappa shape index (κ1) is 27.2. The molecule has 0 radical (unpaired) electrons. The Kier molecular flexibility index (Phi) is 8.40. The molecule has 13 heteroatoms. The molecule has 0 fully saturated rings. The lowest BCUT2D eigenvalue weighted by molar-refractivity contribution is -0.192. The summed E-state index contributed by atoms with van der Waals surface area (Å²) in [5.41, 5.74) is 14.8. The SMILES string of the molecule is CSc1sc(C(=N)N)cc1S(=O)(=O)c1cccc(-c2c(C)cccc2N)c1.O=C(O)C(F)(F)F. The van der Waals surface area contributed by atoms with Gasteiger partial charge in [0, 0.05) is 11.3 Å². The number of halogens is 3. The van der Waals surface area contributed by atoms with E-state index in [0.717, 1.165) is 16.7 Å². The van der Waals surface area contributed by atoms with Gasteiger partial charge in [-0.3, -0.25) is 5.41 Å². The molecule has 2 aromatic carbocycles. The molecule has 0 saturated carbocycles. The maximum Gasteiger partial charge on any atom is 0.490 e. The van der Waals surface area contributed by atoms with Gasteiger partial charge in [0.15, 0.2) is 0 Å². The van der Waals surface area contributed by atoms with Crippen LogP contribution in [-0.2, 0) is 14.6 Å². The molecule has 1 aromatic heterocycles. The first-order valence-electron chi connectivity index (χ1n) is 9.23. The number of thiophene rings is 1. The van der Waals surface area contributed by atoms with Gasteiger partial charge in [0.05, 0.1) is 18.9 Å². The molecule has 182 valence electrons. The number of aliphatic carboxylic acids is 1. The molecular weight excluding hydrogens is 511 g/mol. The predicted octanol–water partition coefficient (Wildman–Crippen LogP) is 4.78. The first-order chi connectivity index (χ1) is 15.7. The number of nitrogens with two attached hydrogens (primary N) is 2. The van der Waals surface area contributed by atoms with Crippen LogP contribution in [-0.4, -0.2) is 37.8 Å².